The Kier molecular flexibility index (Phi) is 6.49. The summed E-state index contributed by atoms with van der Waals surface area (Å²) in [5, 5.41) is 12.4. The first-order valence-corrected chi connectivity index (χ1v) is 7.47. The van der Waals surface area contributed by atoms with Crippen LogP contribution in [0.2, 0.25) is 0 Å². The van der Waals surface area contributed by atoms with Crippen LogP contribution in [0.3, 0.4) is 0 Å². The van der Waals surface area contributed by atoms with Crippen LogP contribution in [-0.2, 0) is 0 Å². The molecule has 1 heterocycles. The lowest BCUT2D eigenvalue weighted by molar-refractivity contribution is 0.262. The number of halogens is 1. The Bertz CT molecular complexity index is 300. The Balaban J connectivity index is 2.50. The van der Waals surface area contributed by atoms with Crippen molar-refractivity contribution in [2.45, 2.75) is 25.4 Å². The number of aliphatic hydroxyl groups is 1. The van der Waals surface area contributed by atoms with Gasteiger partial charge in [-0.3, -0.25) is 0 Å². The van der Waals surface area contributed by atoms with Crippen molar-refractivity contribution in [3.63, 3.8) is 0 Å². The standard InChI is InChI=1S/C11H18BrNO2S/c1-8(10-3-4-11(12)15-10)13-9(5-6-14)7-16-2/h3-4,8-9,13-14H,5-7H2,1-2H3/t8-,9-/m1/s1. The first kappa shape index (κ1) is 14.1. The van der Waals surface area contributed by atoms with Crippen LogP contribution in [0.1, 0.15) is 25.1 Å². The Morgan fingerprint density at radius 1 is 1.56 bits per heavy atom. The fourth-order valence-electron chi connectivity index (χ4n) is 1.57. The highest BCUT2D eigenvalue weighted by atomic mass is 79.9. The predicted octanol–water partition coefficient (Wildman–Crippen LogP) is 2.81. The minimum Gasteiger partial charge on any atom is -0.453 e. The average molecular weight is 308 g/mol. The number of furan rings is 1. The summed E-state index contributed by atoms with van der Waals surface area (Å²) in [5.74, 6) is 1.91. The quantitative estimate of drug-likeness (QED) is 0.813. The lowest BCUT2D eigenvalue weighted by Gasteiger charge is -2.20. The molecule has 2 N–H and O–H groups in total. The first-order valence-electron chi connectivity index (χ1n) is 5.28. The van der Waals surface area contributed by atoms with Crippen molar-refractivity contribution >= 4 is 27.7 Å². The summed E-state index contributed by atoms with van der Waals surface area (Å²) >= 11 is 5.07. The van der Waals surface area contributed by atoms with Gasteiger partial charge in [0.15, 0.2) is 4.67 Å². The molecule has 3 nitrogen and oxygen atoms in total. The molecule has 92 valence electrons. The molecule has 1 aromatic heterocycles. The fourth-order valence-corrected chi connectivity index (χ4v) is 2.55. The van der Waals surface area contributed by atoms with E-state index in [1.165, 1.54) is 0 Å². The van der Waals surface area contributed by atoms with Crippen molar-refractivity contribution < 1.29 is 9.52 Å². The van der Waals surface area contributed by atoms with Gasteiger partial charge in [0.2, 0.25) is 0 Å². The third kappa shape index (κ3) is 4.49. The number of nitrogens with one attached hydrogen (secondary N) is 1. The molecule has 0 unspecified atom stereocenters. The van der Waals surface area contributed by atoms with Crippen molar-refractivity contribution in [2.75, 3.05) is 18.6 Å². The van der Waals surface area contributed by atoms with Crippen LogP contribution < -0.4 is 5.32 Å². The fraction of sp³-hybridized carbons (Fsp3) is 0.636. The minimum atomic E-state index is 0.162. The minimum absolute atomic E-state index is 0.162. The summed E-state index contributed by atoms with van der Waals surface area (Å²) in [6.07, 6.45) is 2.84. The van der Waals surface area contributed by atoms with Gasteiger partial charge in [-0.2, -0.15) is 11.8 Å². The van der Waals surface area contributed by atoms with Crippen LogP contribution in [-0.4, -0.2) is 29.8 Å². The molecule has 16 heavy (non-hydrogen) atoms. The Labute approximate surface area is 109 Å². The van der Waals surface area contributed by atoms with Crippen molar-refractivity contribution in [1.29, 1.82) is 0 Å². The van der Waals surface area contributed by atoms with E-state index in [4.69, 9.17) is 9.52 Å². The van der Waals surface area contributed by atoms with Crippen LogP contribution in [0.4, 0.5) is 0 Å². The summed E-state index contributed by atoms with van der Waals surface area (Å²) < 4.78 is 6.24. The molecule has 0 aliphatic carbocycles. The monoisotopic (exact) mass is 307 g/mol. The summed E-state index contributed by atoms with van der Waals surface area (Å²) in [7, 11) is 0. The van der Waals surface area contributed by atoms with Crippen molar-refractivity contribution in [3.8, 4) is 0 Å². The Morgan fingerprint density at radius 3 is 2.81 bits per heavy atom. The highest BCUT2D eigenvalue weighted by molar-refractivity contribution is 9.10. The van der Waals surface area contributed by atoms with Gasteiger partial charge >= 0.3 is 0 Å². The summed E-state index contributed by atoms with van der Waals surface area (Å²) in [4.78, 5) is 0. The molecule has 0 bridgehead atoms. The molecule has 0 saturated heterocycles. The number of hydrogen-bond donors (Lipinski definition) is 2. The van der Waals surface area contributed by atoms with E-state index in [0.29, 0.717) is 6.04 Å². The number of rotatable bonds is 7. The molecular formula is C11H18BrNO2S. The van der Waals surface area contributed by atoms with Crippen LogP contribution in [0.25, 0.3) is 0 Å². The lowest BCUT2D eigenvalue weighted by Crippen LogP contribution is -2.34. The van der Waals surface area contributed by atoms with Gasteiger partial charge in [0.05, 0.1) is 6.04 Å². The largest absolute Gasteiger partial charge is 0.453 e. The summed E-state index contributed by atoms with van der Waals surface area (Å²) in [6, 6.07) is 4.33. The highest BCUT2D eigenvalue weighted by Crippen LogP contribution is 2.21. The van der Waals surface area contributed by atoms with Gasteiger partial charge in [0, 0.05) is 18.4 Å². The third-order valence-corrected chi connectivity index (χ3v) is 3.51. The van der Waals surface area contributed by atoms with E-state index < -0.39 is 0 Å². The maximum absolute atomic E-state index is 8.97. The topological polar surface area (TPSA) is 45.4 Å². The van der Waals surface area contributed by atoms with E-state index in [9.17, 15) is 0 Å². The van der Waals surface area contributed by atoms with Crippen LogP contribution in [0.5, 0.6) is 0 Å². The van der Waals surface area contributed by atoms with Crippen LogP contribution in [0, 0.1) is 0 Å². The third-order valence-electron chi connectivity index (χ3n) is 2.35. The predicted molar refractivity (Wildman–Crippen MR) is 71.8 cm³/mol. The van der Waals surface area contributed by atoms with Gasteiger partial charge < -0.3 is 14.8 Å². The highest BCUT2D eigenvalue weighted by Gasteiger charge is 2.15. The molecule has 5 heteroatoms. The Hall–Kier alpha value is 0.0300. The van der Waals surface area contributed by atoms with Crippen molar-refractivity contribution in [3.05, 3.63) is 22.6 Å². The number of thioether (sulfide) groups is 1. The van der Waals surface area contributed by atoms with E-state index >= 15 is 0 Å². The maximum Gasteiger partial charge on any atom is 0.169 e. The van der Waals surface area contributed by atoms with E-state index in [1.807, 2.05) is 12.1 Å². The number of aliphatic hydroxyl groups excluding tert-OH is 1. The zero-order valence-corrected chi connectivity index (χ0v) is 12.0. The van der Waals surface area contributed by atoms with Gasteiger partial charge in [-0.15, -0.1) is 0 Å². The molecule has 0 aromatic carbocycles. The zero-order chi connectivity index (χ0) is 12.0. The smallest absolute Gasteiger partial charge is 0.169 e. The molecule has 0 radical (unpaired) electrons. The van der Waals surface area contributed by atoms with Crippen LogP contribution in [0.15, 0.2) is 21.2 Å². The number of hydrogen-bond acceptors (Lipinski definition) is 4. The second-order valence-electron chi connectivity index (χ2n) is 3.69. The molecule has 0 aliphatic rings. The SMILES string of the molecule is CSC[C@@H](CCO)N[C@H](C)c1ccc(Br)o1. The summed E-state index contributed by atoms with van der Waals surface area (Å²) in [6.45, 7) is 2.28. The normalized spacial score (nSPS) is 15.0. The lowest BCUT2D eigenvalue weighted by atomic mass is 10.2. The molecule has 0 amide bonds. The van der Waals surface area contributed by atoms with Gasteiger partial charge in [0.25, 0.3) is 0 Å². The van der Waals surface area contributed by atoms with E-state index in [2.05, 4.69) is 34.4 Å². The molecule has 1 aromatic rings. The molecule has 1 rings (SSSR count). The second-order valence-corrected chi connectivity index (χ2v) is 5.39. The molecule has 0 aliphatic heterocycles. The molecular weight excluding hydrogens is 290 g/mol. The second kappa shape index (κ2) is 7.37. The summed E-state index contributed by atoms with van der Waals surface area (Å²) in [5.41, 5.74) is 0. The first-order chi connectivity index (χ1) is 7.67. The molecule has 0 spiro atoms. The van der Waals surface area contributed by atoms with E-state index in [1.54, 1.807) is 11.8 Å². The zero-order valence-electron chi connectivity index (χ0n) is 9.57. The van der Waals surface area contributed by atoms with Gasteiger partial charge in [0.1, 0.15) is 5.76 Å². The van der Waals surface area contributed by atoms with Gasteiger partial charge in [-0.05, 0) is 47.7 Å². The molecule has 0 fully saturated rings. The maximum atomic E-state index is 8.97. The van der Waals surface area contributed by atoms with E-state index in [-0.39, 0.29) is 12.6 Å². The molecule has 0 saturated carbocycles. The van der Waals surface area contributed by atoms with Crippen LogP contribution >= 0.6 is 27.7 Å². The van der Waals surface area contributed by atoms with Crippen molar-refractivity contribution in [1.82, 2.24) is 5.32 Å². The average Bonchev–Trinajstić information content (AvgIpc) is 2.65. The van der Waals surface area contributed by atoms with Crippen molar-refractivity contribution in [2.24, 2.45) is 0 Å². The van der Waals surface area contributed by atoms with E-state index in [0.717, 1.165) is 22.6 Å². The van der Waals surface area contributed by atoms with Gasteiger partial charge in [-0.1, -0.05) is 0 Å². The Morgan fingerprint density at radius 2 is 2.31 bits per heavy atom. The molecule has 2 atom stereocenters. The van der Waals surface area contributed by atoms with Gasteiger partial charge in [-0.25, -0.2) is 0 Å².